The van der Waals surface area contributed by atoms with Gasteiger partial charge in [0.15, 0.2) is 5.75 Å². The molecule has 1 aromatic carbocycles. The van der Waals surface area contributed by atoms with E-state index in [2.05, 4.69) is 6.58 Å². The Bertz CT molecular complexity index is 740. The molecule has 21 heavy (non-hydrogen) atoms. The summed E-state index contributed by atoms with van der Waals surface area (Å²) in [6, 6.07) is 7.40. The number of hydrogen-bond donors (Lipinski definition) is 1. The second-order valence-corrected chi connectivity index (χ2v) is 4.40. The molecule has 5 heteroatoms. The van der Waals surface area contributed by atoms with E-state index in [0.717, 1.165) is 17.0 Å². The summed E-state index contributed by atoms with van der Waals surface area (Å²) in [6.07, 6.45) is 4.13. The average Bonchev–Trinajstić information content (AvgIpc) is 2.71. The van der Waals surface area contributed by atoms with E-state index in [0.29, 0.717) is 18.0 Å². The van der Waals surface area contributed by atoms with E-state index in [9.17, 15) is 9.59 Å². The van der Waals surface area contributed by atoms with Crippen LogP contribution < -0.4 is 4.74 Å². The molecule has 0 spiro atoms. The molecule has 2 rings (SSSR count). The lowest BCUT2D eigenvalue weighted by atomic mass is 10.2. The molecule has 0 bridgehead atoms. The summed E-state index contributed by atoms with van der Waals surface area (Å²) in [5.74, 6) is -1.17. The van der Waals surface area contributed by atoms with Crippen molar-refractivity contribution in [1.82, 2.24) is 4.57 Å². The summed E-state index contributed by atoms with van der Waals surface area (Å²) >= 11 is 0. The number of carboxylic acids is 1. The molecule has 1 aromatic heterocycles. The highest BCUT2D eigenvalue weighted by molar-refractivity contribution is 5.95. The minimum atomic E-state index is -1.07. The summed E-state index contributed by atoms with van der Waals surface area (Å²) in [5, 5.41) is 9.57. The summed E-state index contributed by atoms with van der Waals surface area (Å²) in [7, 11) is 0. The highest BCUT2D eigenvalue weighted by atomic mass is 16.5. The van der Waals surface area contributed by atoms with Crippen LogP contribution in [0.15, 0.2) is 43.0 Å². The molecule has 0 aliphatic heterocycles. The minimum Gasteiger partial charge on any atom is -0.478 e. The fraction of sp³-hybridized carbons (Fsp3) is 0.125. The molecule has 0 amide bonds. The van der Waals surface area contributed by atoms with Crippen LogP contribution >= 0.6 is 0 Å². The van der Waals surface area contributed by atoms with Gasteiger partial charge in [0.05, 0.1) is 11.2 Å². The number of benzene rings is 1. The number of fused-ring (bicyclic) bond motifs is 1. The normalized spacial score (nSPS) is 10.9. The monoisotopic (exact) mass is 285 g/mol. The van der Waals surface area contributed by atoms with Crippen molar-refractivity contribution in [2.45, 2.75) is 13.5 Å². The predicted octanol–water partition coefficient (Wildman–Crippen LogP) is 2.85. The first kappa shape index (κ1) is 14.6. The van der Waals surface area contributed by atoms with Crippen molar-refractivity contribution >= 4 is 28.9 Å². The van der Waals surface area contributed by atoms with Crippen LogP contribution in [0.5, 0.6) is 5.75 Å². The Balaban J connectivity index is 2.74. The Hall–Kier alpha value is -2.82. The Kier molecular flexibility index (Phi) is 4.23. The summed E-state index contributed by atoms with van der Waals surface area (Å²) in [5.41, 5.74) is 1.37. The van der Waals surface area contributed by atoms with Crippen LogP contribution in [-0.2, 0) is 16.1 Å². The molecule has 0 saturated carbocycles. The SMILES string of the molecule is C=CCn1c(/C=C/C(=O)O)c(OC(C)=O)c2ccccc21. The molecule has 108 valence electrons. The van der Waals surface area contributed by atoms with Crippen LogP contribution in [0.2, 0.25) is 0 Å². The van der Waals surface area contributed by atoms with Crippen LogP contribution in [-0.4, -0.2) is 21.6 Å². The van der Waals surface area contributed by atoms with Crippen LogP contribution in [0.4, 0.5) is 0 Å². The average molecular weight is 285 g/mol. The first-order valence-corrected chi connectivity index (χ1v) is 6.36. The molecule has 0 aliphatic carbocycles. The second-order valence-electron chi connectivity index (χ2n) is 4.40. The molecule has 0 aliphatic rings. The lowest BCUT2D eigenvalue weighted by Gasteiger charge is -2.05. The molecule has 5 nitrogen and oxygen atoms in total. The van der Waals surface area contributed by atoms with Gasteiger partial charge >= 0.3 is 11.9 Å². The molecule has 0 radical (unpaired) electrons. The number of nitrogens with zero attached hydrogens (tertiary/aromatic N) is 1. The predicted molar refractivity (Wildman–Crippen MR) is 80.1 cm³/mol. The van der Waals surface area contributed by atoms with E-state index in [1.165, 1.54) is 13.0 Å². The molecule has 1 heterocycles. The fourth-order valence-corrected chi connectivity index (χ4v) is 2.18. The number of esters is 1. The zero-order chi connectivity index (χ0) is 15.4. The van der Waals surface area contributed by atoms with Gasteiger partial charge in [0, 0.05) is 24.9 Å². The number of allylic oxidation sites excluding steroid dienone is 1. The van der Waals surface area contributed by atoms with E-state index in [-0.39, 0.29) is 0 Å². The Morgan fingerprint density at radius 3 is 2.71 bits per heavy atom. The van der Waals surface area contributed by atoms with Crippen molar-refractivity contribution in [2.24, 2.45) is 0 Å². The highest BCUT2D eigenvalue weighted by Crippen LogP contribution is 2.34. The maximum Gasteiger partial charge on any atom is 0.328 e. The number of aromatic nitrogens is 1. The van der Waals surface area contributed by atoms with E-state index >= 15 is 0 Å². The number of carbonyl (C=O) groups is 2. The van der Waals surface area contributed by atoms with E-state index in [1.54, 1.807) is 6.08 Å². The third-order valence-corrected chi connectivity index (χ3v) is 2.90. The van der Waals surface area contributed by atoms with Crippen LogP contribution in [0.3, 0.4) is 0 Å². The Morgan fingerprint density at radius 2 is 2.10 bits per heavy atom. The number of aliphatic carboxylic acids is 1. The second kappa shape index (κ2) is 6.09. The van der Waals surface area contributed by atoms with Gasteiger partial charge in [-0.25, -0.2) is 4.79 Å². The summed E-state index contributed by atoms with van der Waals surface area (Å²) in [6.45, 7) is 5.48. The van der Waals surface area contributed by atoms with Crippen molar-refractivity contribution < 1.29 is 19.4 Å². The van der Waals surface area contributed by atoms with Crippen molar-refractivity contribution in [3.63, 3.8) is 0 Å². The van der Waals surface area contributed by atoms with Gasteiger partial charge in [0.25, 0.3) is 0 Å². The zero-order valence-corrected chi connectivity index (χ0v) is 11.6. The molecule has 2 aromatic rings. The number of para-hydroxylation sites is 1. The molecule has 0 saturated heterocycles. The number of carboxylic acid groups (broad SMARTS) is 1. The van der Waals surface area contributed by atoms with Crippen molar-refractivity contribution in [3.8, 4) is 5.75 Å². The third kappa shape index (κ3) is 3.02. The quantitative estimate of drug-likeness (QED) is 0.521. The van der Waals surface area contributed by atoms with Crippen molar-refractivity contribution in [1.29, 1.82) is 0 Å². The first-order valence-electron chi connectivity index (χ1n) is 6.36. The fourth-order valence-electron chi connectivity index (χ4n) is 2.18. The Morgan fingerprint density at radius 1 is 1.38 bits per heavy atom. The van der Waals surface area contributed by atoms with Crippen molar-refractivity contribution in [3.05, 3.63) is 48.7 Å². The standard InChI is InChI=1S/C16H15NO4/c1-3-10-17-13-7-5-4-6-12(13)16(21-11(2)18)14(17)8-9-15(19)20/h3-9H,1,10H2,2H3,(H,19,20)/b9-8+. The first-order chi connectivity index (χ1) is 10.0. The van der Waals surface area contributed by atoms with Crippen molar-refractivity contribution in [2.75, 3.05) is 0 Å². The summed E-state index contributed by atoms with van der Waals surface area (Å²) in [4.78, 5) is 22.1. The molecular formula is C16H15NO4. The largest absolute Gasteiger partial charge is 0.478 e. The maximum absolute atomic E-state index is 11.3. The Labute approximate surface area is 121 Å². The smallest absolute Gasteiger partial charge is 0.328 e. The molecule has 0 unspecified atom stereocenters. The molecule has 1 N–H and O–H groups in total. The lowest BCUT2D eigenvalue weighted by molar-refractivity contribution is -0.132. The third-order valence-electron chi connectivity index (χ3n) is 2.90. The topological polar surface area (TPSA) is 68.5 Å². The van der Waals surface area contributed by atoms with Gasteiger partial charge in [0.2, 0.25) is 0 Å². The van der Waals surface area contributed by atoms with Gasteiger partial charge in [0.1, 0.15) is 0 Å². The van der Waals surface area contributed by atoms with Crippen LogP contribution in [0, 0.1) is 0 Å². The lowest BCUT2D eigenvalue weighted by Crippen LogP contribution is -2.04. The number of ether oxygens (including phenoxy) is 1. The number of rotatable bonds is 5. The molecule has 0 atom stereocenters. The van der Waals surface area contributed by atoms with Gasteiger partial charge in [-0.2, -0.15) is 0 Å². The van der Waals surface area contributed by atoms with Gasteiger partial charge in [-0.3, -0.25) is 4.79 Å². The zero-order valence-electron chi connectivity index (χ0n) is 11.6. The highest BCUT2D eigenvalue weighted by Gasteiger charge is 2.17. The van der Waals surface area contributed by atoms with Gasteiger partial charge in [-0.1, -0.05) is 18.2 Å². The van der Waals surface area contributed by atoms with Gasteiger partial charge in [-0.15, -0.1) is 6.58 Å². The van der Waals surface area contributed by atoms with E-state index in [1.807, 2.05) is 28.8 Å². The van der Waals surface area contributed by atoms with E-state index < -0.39 is 11.9 Å². The minimum absolute atomic E-state index is 0.359. The maximum atomic E-state index is 11.3. The number of hydrogen-bond acceptors (Lipinski definition) is 3. The summed E-state index contributed by atoms with van der Waals surface area (Å²) < 4.78 is 7.13. The van der Waals surface area contributed by atoms with Gasteiger partial charge < -0.3 is 14.4 Å². The van der Waals surface area contributed by atoms with Crippen LogP contribution in [0.1, 0.15) is 12.6 Å². The molecule has 0 fully saturated rings. The molecular weight excluding hydrogens is 270 g/mol. The van der Waals surface area contributed by atoms with Crippen LogP contribution in [0.25, 0.3) is 17.0 Å². The number of carbonyl (C=O) groups excluding carboxylic acids is 1. The van der Waals surface area contributed by atoms with Gasteiger partial charge in [-0.05, 0) is 18.2 Å². The van der Waals surface area contributed by atoms with E-state index in [4.69, 9.17) is 9.84 Å².